The number of hydrogen-bond acceptors (Lipinski definition) is 6. The van der Waals surface area contributed by atoms with Gasteiger partial charge in [0, 0.05) is 5.69 Å². The summed E-state index contributed by atoms with van der Waals surface area (Å²) in [5, 5.41) is 1.86. The Kier molecular flexibility index (Phi) is 5.63. The molecule has 30 heavy (non-hydrogen) atoms. The highest BCUT2D eigenvalue weighted by atomic mass is 35.5. The number of fused-ring (bicyclic) bond motifs is 5. The quantitative estimate of drug-likeness (QED) is 0.398. The minimum atomic E-state index is -0.834. The van der Waals surface area contributed by atoms with E-state index in [4.69, 9.17) is 32.7 Å². The molecule has 8 nitrogen and oxygen atoms in total. The minimum Gasteiger partial charge on any atom is -0.497 e. The maximum atomic E-state index is 12.7. The summed E-state index contributed by atoms with van der Waals surface area (Å²) in [4.78, 5) is 50.4. The smallest absolute Gasteiger partial charge is 0.326 e. The maximum Gasteiger partial charge on any atom is 0.326 e. The summed E-state index contributed by atoms with van der Waals surface area (Å²) in [5.74, 6) is -2.92. The van der Waals surface area contributed by atoms with Gasteiger partial charge in [-0.3, -0.25) is 24.1 Å². The van der Waals surface area contributed by atoms with Crippen LogP contribution in [0.2, 0.25) is 0 Å². The van der Waals surface area contributed by atoms with Crippen molar-refractivity contribution < 1.29 is 28.7 Å². The number of imide groups is 1. The van der Waals surface area contributed by atoms with Crippen LogP contribution < -0.4 is 10.1 Å². The highest BCUT2D eigenvalue weighted by Gasteiger charge is 2.66. The summed E-state index contributed by atoms with van der Waals surface area (Å²) in [6.07, 6.45) is 0.652. The molecule has 1 N–H and O–H groups in total. The van der Waals surface area contributed by atoms with Crippen LogP contribution in [0.1, 0.15) is 6.42 Å². The number of benzene rings is 1. The van der Waals surface area contributed by atoms with Crippen LogP contribution in [0.4, 0.5) is 5.69 Å². The minimum absolute atomic E-state index is 0.156. The molecule has 160 valence electrons. The molecule has 3 aliphatic rings. The number of carbonyl (C=O) groups is 4. The zero-order valence-electron chi connectivity index (χ0n) is 16.0. The van der Waals surface area contributed by atoms with Crippen molar-refractivity contribution in [1.82, 2.24) is 4.90 Å². The maximum absolute atomic E-state index is 12.7. The van der Waals surface area contributed by atoms with Crippen LogP contribution in [0.3, 0.4) is 0 Å². The fraction of sp³-hybridized carbons (Fsp3) is 0.500. The number of alkyl halides is 2. The van der Waals surface area contributed by atoms with Gasteiger partial charge in [0.1, 0.15) is 12.3 Å². The lowest BCUT2D eigenvalue weighted by atomic mass is 9.80. The number of hydrogen-bond donors (Lipinski definition) is 1. The first-order valence-corrected chi connectivity index (χ1v) is 10.4. The molecule has 2 aliphatic carbocycles. The first kappa shape index (κ1) is 20.9. The molecule has 1 aromatic rings. The summed E-state index contributed by atoms with van der Waals surface area (Å²) in [6, 6.07) is 6.63. The Labute approximate surface area is 182 Å². The van der Waals surface area contributed by atoms with Gasteiger partial charge in [-0.1, -0.05) is 0 Å². The number of carbonyl (C=O) groups excluding carboxylic acids is 4. The molecule has 0 spiro atoms. The second-order valence-corrected chi connectivity index (χ2v) is 8.71. The number of likely N-dealkylation sites (tertiary alicyclic amines) is 1. The number of nitrogens with zero attached hydrogens (tertiary/aromatic N) is 1. The van der Waals surface area contributed by atoms with Crippen molar-refractivity contribution in [2.75, 3.05) is 25.6 Å². The molecule has 3 amide bonds. The summed E-state index contributed by atoms with van der Waals surface area (Å²) in [7, 11) is 1.53. The van der Waals surface area contributed by atoms with Crippen molar-refractivity contribution in [2.45, 2.75) is 17.2 Å². The Morgan fingerprint density at radius 1 is 1.07 bits per heavy atom. The summed E-state index contributed by atoms with van der Waals surface area (Å²) >= 11 is 12.6. The molecule has 0 aromatic heterocycles. The fourth-order valence-corrected chi connectivity index (χ4v) is 5.65. The molecule has 1 aliphatic heterocycles. The first-order chi connectivity index (χ1) is 14.3. The normalized spacial score (nSPS) is 31.6. The molecule has 1 aromatic carbocycles. The third kappa shape index (κ3) is 3.52. The largest absolute Gasteiger partial charge is 0.497 e. The predicted octanol–water partition coefficient (Wildman–Crippen LogP) is 1.64. The lowest BCUT2D eigenvalue weighted by Gasteiger charge is -2.28. The van der Waals surface area contributed by atoms with Gasteiger partial charge in [-0.2, -0.15) is 0 Å². The predicted molar refractivity (Wildman–Crippen MR) is 107 cm³/mol. The van der Waals surface area contributed by atoms with Gasteiger partial charge in [0.25, 0.3) is 5.91 Å². The molecule has 1 saturated heterocycles. The second kappa shape index (κ2) is 8.07. The molecule has 1 heterocycles. The van der Waals surface area contributed by atoms with Crippen molar-refractivity contribution in [1.29, 1.82) is 0 Å². The Hall–Kier alpha value is -2.32. The third-order valence-electron chi connectivity index (χ3n) is 6.10. The number of methoxy groups -OCH3 is 1. The van der Waals surface area contributed by atoms with Crippen LogP contribution in [-0.4, -0.2) is 59.6 Å². The summed E-state index contributed by atoms with van der Waals surface area (Å²) < 4.78 is 9.97. The van der Waals surface area contributed by atoms with E-state index < -0.39 is 48.7 Å². The average Bonchev–Trinajstić information content (AvgIpc) is 3.34. The van der Waals surface area contributed by atoms with E-state index in [0.717, 1.165) is 4.90 Å². The molecular formula is C20H20Cl2N2O6. The summed E-state index contributed by atoms with van der Waals surface area (Å²) in [5.41, 5.74) is 0.510. The Balaban J connectivity index is 1.29. The van der Waals surface area contributed by atoms with Crippen LogP contribution in [0.15, 0.2) is 24.3 Å². The van der Waals surface area contributed by atoms with E-state index in [9.17, 15) is 19.2 Å². The van der Waals surface area contributed by atoms with Crippen LogP contribution >= 0.6 is 23.2 Å². The van der Waals surface area contributed by atoms with E-state index in [2.05, 4.69) is 5.32 Å². The van der Waals surface area contributed by atoms with Gasteiger partial charge in [-0.15, -0.1) is 23.2 Å². The lowest BCUT2D eigenvalue weighted by molar-refractivity contribution is -0.154. The van der Waals surface area contributed by atoms with E-state index in [1.807, 2.05) is 0 Å². The molecule has 4 rings (SSSR count). The SMILES string of the molecule is COc1ccc(NC(=O)COC(=O)CN2C(=O)[C@@H]3[C@H]4C[C@@H]([C@@H](Cl)[C@H]4Cl)[C@H]3C2=O)cc1. The number of ether oxygens (including phenoxy) is 2. The van der Waals surface area contributed by atoms with Crippen LogP contribution in [-0.2, 0) is 23.9 Å². The average molecular weight is 455 g/mol. The standard InChI is InChI=1S/C20H20Cl2N2O6/c1-29-10-4-2-9(3-5-10)23-13(25)8-30-14(26)7-24-19(27)15-11-6-12(16(15)20(24)28)18(22)17(11)21/h2-5,11-12,15-18H,6-8H2,1H3,(H,23,25)/t11-,12-,15-,16-,17-,18+/m1/s1. The van der Waals surface area contributed by atoms with Crippen LogP contribution in [0.25, 0.3) is 0 Å². The number of nitrogens with one attached hydrogen (secondary N) is 1. The number of rotatable bonds is 6. The van der Waals surface area contributed by atoms with E-state index in [-0.39, 0.29) is 22.6 Å². The number of halogens is 2. The van der Waals surface area contributed by atoms with Crippen LogP contribution in [0.5, 0.6) is 5.75 Å². The highest BCUT2D eigenvalue weighted by molar-refractivity contribution is 6.31. The van der Waals surface area contributed by atoms with Gasteiger partial charge in [-0.05, 0) is 42.5 Å². The molecule has 0 unspecified atom stereocenters. The third-order valence-corrected chi connectivity index (χ3v) is 7.42. The highest BCUT2D eigenvalue weighted by Crippen LogP contribution is 2.59. The van der Waals surface area contributed by atoms with Gasteiger partial charge in [0.2, 0.25) is 11.8 Å². The monoisotopic (exact) mass is 454 g/mol. The van der Waals surface area contributed by atoms with E-state index in [0.29, 0.717) is 17.9 Å². The molecule has 2 bridgehead atoms. The molecule has 3 fully saturated rings. The Morgan fingerprint density at radius 3 is 2.17 bits per heavy atom. The second-order valence-electron chi connectivity index (χ2n) is 7.70. The lowest BCUT2D eigenvalue weighted by Crippen LogP contribution is -2.38. The van der Waals surface area contributed by atoms with Crippen molar-refractivity contribution in [2.24, 2.45) is 23.7 Å². The zero-order chi connectivity index (χ0) is 21.6. The number of esters is 1. The Morgan fingerprint density at radius 2 is 1.63 bits per heavy atom. The zero-order valence-corrected chi connectivity index (χ0v) is 17.6. The van der Waals surface area contributed by atoms with Gasteiger partial charge >= 0.3 is 5.97 Å². The fourth-order valence-electron chi connectivity index (χ4n) is 4.76. The van der Waals surface area contributed by atoms with Crippen LogP contribution in [0, 0.1) is 23.7 Å². The van der Waals surface area contributed by atoms with E-state index in [1.54, 1.807) is 24.3 Å². The Bertz CT molecular complexity index is 860. The first-order valence-electron chi connectivity index (χ1n) is 9.54. The molecule has 10 heteroatoms. The van der Waals surface area contributed by atoms with Gasteiger partial charge in [-0.25, -0.2) is 0 Å². The molecule has 0 radical (unpaired) electrons. The molecule has 6 atom stereocenters. The molecule has 2 saturated carbocycles. The van der Waals surface area contributed by atoms with Gasteiger partial charge in [0.15, 0.2) is 6.61 Å². The summed E-state index contributed by atoms with van der Waals surface area (Å²) in [6.45, 7) is -1.06. The topological polar surface area (TPSA) is 102 Å². The van der Waals surface area contributed by atoms with E-state index in [1.165, 1.54) is 7.11 Å². The number of anilines is 1. The van der Waals surface area contributed by atoms with Crippen molar-refractivity contribution in [3.05, 3.63) is 24.3 Å². The van der Waals surface area contributed by atoms with Gasteiger partial charge in [0.05, 0.1) is 29.7 Å². The van der Waals surface area contributed by atoms with Crippen molar-refractivity contribution in [3.8, 4) is 5.75 Å². The van der Waals surface area contributed by atoms with Gasteiger partial charge < -0.3 is 14.8 Å². The van der Waals surface area contributed by atoms with Crippen molar-refractivity contribution in [3.63, 3.8) is 0 Å². The van der Waals surface area contributed by atoms with Crippen molar-refractivity contribution >= 4 is 52.6 Å². The molecular weight excluding hydrogens is 435 g/mol. The van der Waals surface area contributed by atoms with E-state index >= 15 is 0 Å². The number of amides is 3.